The summed E-state index contributed by atoms with van der Waals surface area (Å²) in [4.78, 5) is 24.6. The first kappa shape index (κ1) is 76.1. The number of nitrogens with one attached hydrogen (secondary N) is 1. The van der Waals surface area contributed by atoms with E-state index in [0.29, 0.717) is 19.4 Å². The van der Waals surface area contributed by atoms with Gasteiger partial charge in [-0.25, -0.2) is 0 Å². The van der Waals surface area contributed by atoms with Crippen LogP contribution in [0.3, 0.4) is 0 Å². The van der Waals surface area contributed by atoms with Crippen LogP contribution in [0.4, 0.5) is 0 Å². The number of allylic oxidation sites excluding steroid dienone is 5. The van der Waals surface area contributed by atoms with Gasteiger partial charge in [-0.05, 0) is 64.2 Å². The third-order valence-electron chi connectivity index (χ3n) is 16.4. The lowest BCUT2D eigenvalue weighted by Gasteiger charge is -2.20. The van der Waals surface area contributed by atoms with Crippen molar-refractivity contribution in [2.75, 3.05) is 13.2 Å². The number of aliphatic hydroxyl groups excluding tert-OH is 2. The van der Waals surface area contributed by atoms with Gasteiger partial charge in [0.15, 0.2) is 0 Å². The molecule has 6 nitrogen and oxygen atoms in total. The maximum absolute atomic E-state index is 12.5. The predicted octanol–water partition coefficient (Wildman–Crippen LogP) is 22.7. The molecule has 0 saturated heterocycles. The van der Waals surface area contributed by atoms with Crippen molar-refractivity contribution >= 4 is 11.9 Å². The molecule has 78 heavy (non-hydrogen) atoms. The van der Waals surface area contributed by atoms with Crippen LogP contribution < -0.4 is 5.32 Å². The number of hydrogen-bond acceptors (Lipinski definition) is 5. The Balaban J connectivity index is 3.35. The van der Waals surface area contributed by atoms with E-state index in [1.54, 1.807) is 6.08 Å². The van der Waals surface area contributed by atoms with Crippen LogP contribution in [0.2, 0.25) is 0 Å². The van der Waals surface area contributed by atoms with Gasteiger partial charge in [-0.1, -0.05) is 346 Å². The lowest BCUT2D eigenvalue weighted by molar-refractivity contribution is -0.143. The average Bonchev–Trinajstić information content (AvgIpc) is 3.44. The van der Waals surface area contributed by atoms with Gasteiger partial charge in [0.1, 0.15) is 0 Å². The van der Waals surface area contributed by atoms with Gasteiger partial charge in [-0.2, -0.15) is 0 Å². The third-order valence-corrected chi connectivity index (χ3v) is 16.4. The topological polar surface area (TPSA) is 95.9 Å². The lowest BCUT2D eigenvalue weighted by atomic mass is 10.0. The molecule has 2 unspecified atom stereocenters. The summed E-state index contributed by atoms with van der Waals surface area (Å²) in [5, 5.41) is 23.2. The summed E-state index contributed by atoms with van der Waals surface area (Å²) >= 11 is 0. The van der Waals surface area contributed by atoms with Crippen LogP contribution in [0, 0.1) is 0 Å². The number of rotatable bonds is 66. The van der Waals surface area contributed by atoms with Crippen LogP contribution in [0.15, 0.2) is 36.5 Å². The summed E-state index contributed by atoms with van der Waals surface area (Å²) in [6, 6.07) is -0.626. The molecule has 0 aliphatic heterocycles. The van der Waals surface area contributed by atoms with Crippen LogP contribution in [-0.2, 0) is 14.3 Å². The van der Waals surface area contributed by atoms with Gasteiger partial charge >= 0.3 is 5.97 Å². The minimum Gasteiger partial charge on any atom is -0.466 e. The number of ether oxygens (including phenoxy) is 1. The number of carbonyl (C=O) groups is 2. The van der Waals surface area contributed by atoms with Crippen LogP contribution in [0.25, 0.3) is 0 Å². The Morgan fingerprint density at radius 3 is 1.00 bits per heavy atom. The molecule has 0 spiro atoms. The normalized spacial score (nSPS) is 12.7. The molecular weight excluding hydrogens is 959 g/mol. The Labute approximate surface area is 487 Å². The molecule has 2 atom stereocenters. The molecule has 0 bridgehead atoms. The third kappa shape index (κ3) is 63.3. The Morgan fingerprint density at radius 2 is 0.641 bits per heavy atom. The van der Waals surface area contributed by atoms with Gasteiger partial charge in [0.2, 0.25) is 5.91 Å². The molecule has 3 N–H and O–H groups in total. The second-order valence-electron chi connectivity index (χ2n) is 24.2. The van der Waals surface area contributed by atoms with E-state index in [4.69, 9.17) is 4.74 Å². The second kappa shape index (κ2) is 67.6. The van der Waals surface area contributed by atoms with Gasteiger partial charge in [0.25, 0.3) is 0 Å². The van der Waals surface area contributed by atoms with E-state index < -0.39 is 12.1 Å². The summed E-state index contributed by atoms with van der Waals surface area (Å²) in [6.07, 6.45) is 86.5. The van der Waals surface area contributed by atoms with Crippen LogP contribution >= 0.6 is 0 Å². The fraction of sp³-hybridized carbons (Fsp3) is 0.889. The quantitative estimate of drug-likeness (QED) is 0.0320. The monoisotopic (exact) mass is 1100 g/mol. The molecule has 0 fully saturated rings. The molecule has 0 radical (unpaired) electrons. The molecular formula is C72H137NO5. The summed E-state index contributed by atoms with van der Waals surface area (Å²) in [6.45, 7) is 4.91. The fourth-order valence-corrected chi connectivity index (χ4v) is 11.0. The van der Waals surface area contributed by atoms with Crippen LogP contribution in [0.5, 0.6) is 0 Å². The first-order chi connectivity index (χ1) is 38.5. The van der Waals surface area contributed by atoms with Crippen molar-refractivity contribution in [2.45, 2.75) is 398 Å². The molecule has 460 valence electrons. The van der Waals surface area contributed by atoms with E-state index in [0.717, 1.165) is 51.4 Å². The van der Waals surface area contributed by atoms with Crippen molar-refractivity contribution in [3.05, 3.63) is 36.5 Å². The fourth-order valence-electron chi connectivity index (χ4n) is 11.0. The Morgan fingerprint density at radius 1 is 0.359 bits per heavy atom. The van der Waals surface area contributed by atoms with Gasteiger partial charge in [-0.15, -0.1) is 0 Å². The predicted molar refractivity (Wildman–Crippen MR) is 343 cm³/mol. The Bertz CT molecular complexity index is 1260. The number of aliphatic hydroxyl groups is 2. The van der Waals surface area contributed by atoms with Crippen molar-refractivity contribution in [1.29, 1.82) is 0 Å². The van der Waals surface area contributed by atoms with Gasteiger partial charge in [0.05, 0.1) is 25.4 Å². The standard InChI is InChI=1S/C72H137NO5/c1-3-5-7-9-11-13-15-17-19-20-30-34-38-42-46-50-54-58-62-66-72(77)78-67-63-59-55-51-47-43-39-35-32-29-27-25-23-21-22-24-26-28-31-33-37-41-45-49-53-57-61-65-71(76)73-69(68-74)70(75)64-60-56-52-48-44-40-36-18-16-14-12-10-8-6-4-2/h11,13,17,19,60,64,69-70,74-75H,3-10,12,14-16,18,20-59,61-63,65-68H2,1-2H3,(H,73,76)/b13-11-,19-17-,64-60+. The van der Waals surface area contributed by atoms with E-state index >= 15 is 0 Å². The highest BCUT2D eigenvalue weighted by Crippen LogP contribution is 2.19. The number of carbonyl (C=O) groups excluding carboxylic acids is 2. The Kier molecular flexibility index (Phi) is 65.9. The molecule has 0 rings (SSSR count). The van der Waals surface area contributed by atoms with E-state index in [1.165, 1.54) is 308 Å². The first-order valence-corrected chi connectivity index (χ1v) is 35.3. The SMILES string of the molecule is CCCCC/C=C\C/C=C\CCCCCCCCCCCC(=O)OCCCCCCCCCCCCCCCCCCCCCCCCCCCCCC(=O)NC(CO)C(O)/C=C/CCCCCCCCCCCCCCC. The maximum atomic E-state index is 12.5. The van der Waals surface area contributed by atoms with Crippen LogP contribution in [-0.4, -0.2) is 47.4 Å². The number of amides is 1. The molecule has 0 aromatic heterocycles. The highest BCUT2D eigenvalue weighted by Gasteiger charge is 2.18. The minimum atomic E-state index is -0.842. The summed E-state index contributed by atoms with van der Waals surface area (Å²) < 4.78 is 5.51. The van der Waals surface area contributed by atoms with Crippen LogP contribution in [0.1, 0.15) is 386 Å². The zero-order valence-electron chi connectivity index (χ0n) is 52.7. The van der Waals surface area contributed by atoms with Crippen molar-refractivity contribution < 1.29 is 24.5 Å². The van der Waals surface area contributed by atoms with Gasteiger partial charge < -0.3 is 20.3 Å². The molecule has 0 aliphatic carbocycles. The number of unbranched alkanes of at least 4 members (excludes halogenated alkanes) is 51. The van der Waals surface area contributed by atoms with E-state index in [-0.39, 0.29) is 18.5 Å². The summed E-state index contributed by atoms with van der Waals surface area (Å²) in [7, 11) is 0. The molecule has 0 aromatic rings. The zero-order valence-corrected chi connectivity index (χ0v) is 52.7. The summed E-state index contributed by atoms with van der Waals surface area (Å²) in [5.41, 5.74) is 0. The number of hydrogen-bond donors (Lipinski definition) is 3. The summed E-state index contributed by atoms with van der Waals surface area (Å²) in [5.74, 6) is -0.0488. The van der Waals surface area contributed by atoms with Gasteiger partial charge in [0, 0.05) is 12.8 Å². The van der Waals surface area contributed by atoms with Gasteiger partial charge in [-0.3, -0.25) is 9.59 Å². The lowest BCUT2D eigenvalue weighted by Crippen LogP contribution is -2.45. The first-order valence-electron chi connectivity index (χ1n) is 35.3. The molecule has 0 aromatic carbocycles. The highest BCUT2D eigenvalue weighted by atomic mass is 16.5. The molecule has 6 heteroatoms. The maximum Gasteiger partial charge on any atom is 0.305 e. The second-order valence-corrected chi connectivity index (χ2v) is 24.2. The molecule has 0 aliphatic rings. The zero-order chi connectivity index (χ0) is 56.4. The average molecular weight is 1100 g/mol. The van der Waals surface area contributed by atoms with E-state index in [2.05, 4.69) is 43.5 Å². The molecule has 0 saturated carbocycles. The largest absolute Gasteiger partial charge is 0.466 e. The smallest absolute Gasteiger partial charge is 0.305 e. The number of esters is 1. The van der Waals surface area contributed by atoms with Crippen molar-refractivity contribution in [1.82, 2.24) is 5.32 Å². The van der Waals surface area contributed by atoms with E-state index in [1.807, 2.05) is 6.08 Å². The molecule has 1 amide bonds. The minimum absolute atomic E-state index is 0.0143. The van der Waals surface area contributed by atoms with E-state index in [9.17, 15) is 19.8 Å². The Hall–Kier alpha value is -1.92. The van der Waals surface area contributed by atoms with Crippen molar-refractivity contribution in [3.8, 4) is 0 Å². The highest BCUT2D eigenvalue weighted by molar-refractivity contribution is 5.76. The van der Waals surface area contributed by atoms with Crippen molar-refractivity contribution in [3.63, 3.8) is 0 Å². The molecule has 0 heterocycles. The van der Waals surface area contributed by atoms with Crippen molar-refractivity contribution in [2.24, 2.45) is 0 Å².